The second-order valence-corrected chi connectivity index (χ2v) is 7.67. The lowest BCUT2D eigenvalue weighted by Gasteiger charge is -2.38. The zero-order chi connectivity index (χ0) is 20.2. The van der Waals surface area contributed by atoms with Crippen LogP contribution in [0.15, 0.2) is 60.8 Å². The molecule has 0 N–H and O–H groups in total. The molecule has 0 spiro atoms. The number of aromatic nitrogens is 1. The van der Waals surface area contributed by atoms with Crippen molar-refractivity contribution in [2.45, 2.75) is 13.3 Å². The Balaban J connectivity index is 1.48. The summed E-state index contributed by atoms with van der Waals surface area (Å²) in [5, 5.41) is 1.78. The van der Waals surface area contributed by atoms with Crippen molar-refractivity contribution in [2.75, 3.05) is 42.5 Å². The predicted octanol–water partition coefficient (Wildman–Crippen LogP) is 5.05. The van der Waals surface area contributed by atoms with E-state index >= 15 is 0 Å². The Bertz CT molecular complexity index is 987. The smallest absolute Gasteiger partial charge is 0.324 e. The molecule has 1 aliphatic rings. The first-order chi connectivity index (χ1) is 14.2. The fourth-order valence-corrected chi connectivity index (χ4v) is 4.02. The minimum Gasteiger partial charge on any atom is -0.367 e. The average Bonchev–Trinajstić information content (AvgIpc) is 2.77. The van der Waals surface area contributed by atoms with Crippen molar-refractivity contribution in [3.8, 4) is 0 Å². The summed E-state index contributed by atoms with van der Waals surface area (Å²) in [5.74, 6) is 0. The molecule has 2 aromatic carbocycles. The van der Waals surface area contributed by atoms with E-state index in [1.54, 1.807) is 0 Å². The third-order valence-corrected chi connectivity index (χ3v) is 5.55. The molecule has 0 radical (unpaired) electrons. The number of rotatable bonds is 4. The van der Waals surface area contributed by atoms with Gasteiger partial charge in [0.2, 0.25) is 0 Å². The molecule has 1 fully saturated rings. The first-order valence-electron chi connectivity index (χ1n) is 10.1. The number of anilines is 2. The van der Waals surface area contributed by atoms with Crippen LogP contribution in [0.1, 0.15) is 13.3 Å². The van der Waals surface area contributed by atoms with E-state index in [4.69, 9.17) is 11.6 Å². The molecule has 2 heterocycles. The molecule has 150 valence electrons. The monoisotopic (exact) mass is 408 g/mol. The van der Waals surface area contributed by atoms with Crippen molar-refractivity contribution in [3.05, 3.63) is 65.8 Å². The fraction of sp³-hybridized carbons (Fsp3) is 0.304. The van der Waals surface area contributed by atoms with Crippen LogP contribution in [0.5, 0.6) is 0 Å². The third-order valence-electron chi connectivity index (χ3n) is 5.32. The second kappa shape index (κ2) is 8.70. The van der Waals surface area contributed by atoms with Gasteiger partial charge >= 0.3 is 6.03 Å². The Morgan fingerprint density at radius 1 is 1.07 bits per heavy atom. The number of benzene rings is 2. The van der Waals surface area contributed by atoms with Crippen LogP contribution in [0.4, 0.5) is 16.2 Å². The summed E-state index contributed by atoms with van der Waals surface area (Å²) in [6.07, 6.45) is 2.75. The number of pyridine rings is 1. The Labute approximate surface area is 176 Å². The van der Waals surface area contributed by atoms with Crippen molar-refractivity contribution in [3.63, 3.8) is 0 Å². The molecule has 0 bridgehead atoms. The van der Waals surface area contributed by atoms with Crippen LogP contribution < -0.4 is 9.80 Å². The Morgan fingerprint density at radius 2 is 1.83 bits per heavy atom. The zero-order valence-corrected chi connectivity index (χ0v) is 17.3. The fourth-order valence-electron chi connectivity index (χ4n) is 3.86. The highest BCUT2D eigenvalue weighted by Gasteiger charge is 2.26. The van der Waals surface area contributed by atoms with Gasteiger partial charge in [-0.3, -0.25) is 9.88 Å². The van der Waals surface area contributed by atoms with Crippen molar-refractivity contribution in [2.24, 2.45) is 0 Å². The number of piperazine rings is 1. The maximum atomic E-state index is 13.2. The first kappa shape index (κ1) is 19.5. The molecule has 5 nitrogen and oxygen atoms in total. The standard InChI is InChI=1S/C23H25ClN4O/c1-2-12-28(19-6-4-3-5-7-19)23(29)27-15-13-26(14-16-27)22-10-11-25-21-17-18(24)8-9-20(21)22/h3-11,17H,2,12-16H2,1H3. The highest BCUT2D eigenvalue weighted by atomic mass is 35.5. The number of amides is 2. The largest absolute Gasteiger partial charge is 0.367 e. The Hall–Kier alpha value is -2.79. The van der Waals surface area contributed by atoms with Crippen LogP contribution in [0, 0.1) is 0 Å². The number of carbonyl (C=O) groups excluding carboxylic acids is 1. The summed E-state index contributed by atoms with van der Waals surface area (Å²) in [7, 11) is 0. The van der Waals surface area contributed by atoms with Crippen LogP contribution in [-0.2, 0) is 0 Å². The van der Waals surface area contributed by atoms with Crippen LogP contribution in [-0.4, -0.2) is 48.6 Å². The van der Waals surface area contributed by atoms with Gasteiger partial charge < -0.3 is 9.80 Å². The molecule has 1 aromatic heterocycles. The highest BCUT2D eigenvalue weighted by Crippen LogP contribution is 2.28. The third kappa shape index (κ3) is 4.15. The lowest BCUT2D eigenvalue weighted by atomic mass is 10.1. The van der Waals surface area contributed by atoms with E-state index in [1.165, 1.54) is 0 Å². The lowest BCUT2D eigenvalue weighted by molar-refractivity contribution is 0.201. The number of hydrogen-bond donors (Lipinski definition) is 0. The average molecular weight is 409 g/mol. The quantitative estimate of drug-likeness (QED) is 0.606. The predicted molar refractivity (Wildman–Crippen MR) is 120 cm³/mol. The number of nitrogens with zero attached hydrogens (tertiary/aromatic N) is 4. The molecule has 3 aromatic rings. The maximum absolute atomic E-state index is 13.2. The van der Waals surface area contributed by atoms with Gasteiger partial charge in [0.1, 0.15) is 0 Å². The number of urea groups is 1. The van der Waals surface area contributed by atoms with Crippen molar-refractivity contribution >= 4 is 39.9 Å². The number of fused-ring (bicyclic) bond motifs is 1. The van der Waals surface area contributed by atoms with Crippen LogP contribution in [0.2, 0.25) is 5.02 Å². The summed E-state index contributed by atoms with van der Waals surface area (Å²) in [6.45, 7) is 5.80. The number of para-hydroxylation sites is 1. The van der Waals surface area contributed by atoms with Crippen molar-refractivity contribution < 1.29 is 4.79 Å². The van der Waals surface area contributed by atoms with Gasteiger partial charge in [-0.15, -0.1) is 0 Å². The van der Waals surface area contributed by atoms with E-state index in [-0.39, 0.29) is 6.03 Å². The van der Waals surface area contributed by atoms with E-state index < -0.39 is 0 Å². The maximum Gasteiger partial charge on any atom is 0.324 e. The Kier molecular flexibility index (Phi) is 5.86. The molecule has 1 aliphatic heterocycles. The zero-order valence-electron chi connectivity index (χ0n) is 16.6. The molecule has 0 unspecified atom stereocenters. The van der Waals surface area contributed by atoms with Gasteiger partial charge in [0.15, 0.2) is 0 Å². The molecule has 29 heavy (non-hydrogen) atoms. The topological polar surface area (TPSA) is 39.7 Å². The van der Waals surface area contributed by atoms with E-state index in [9.17, 15) is 4.79 Å². The van der Waals surface area contributed by atoms with Crippen molar-refractivity contribution in [1.29, 1.82) is 0 Å². The molecule has 4 rings (SSSR count). The summed E-state index contributed by atoms with van der Waals surface area (Å²) in [5.41, 5.74) is 3.00. The van der Waals surface area contributed by atoms with Gasteiger partial charge in [-0.1, -0.05) is 36.7 Å². The van der Waals surface area contributed by atoms with E-state index in [2.05, 4.69) is 16.8 Å². The molecular weight excluding hydrogens is 384 g/mol. The molecule has 0 aliphatic carbocycles. The van der Waals surface area contributed by atoms with Crippen LogP contribution >= 0.6 is 11.6 Å². The highest BCUT2D eigenvalue weighted by molar-refractivity contribution is 6.31. The minimum absolute atomic E-state index is 0.0871. The van der Waals surface area contributed by atoms with Gasteiger partial charge in [0.05, 0.1) is 5.52 Å². The summed E-state index contributed by atoms with van der Waals surface area (Å²) in [6, 6.07) is 17.9. The van der Waals surface area contributed by atoms with Crippen molar-refractivity contribution in [1.82, 2.24) is 9.88 Å². The molecule has 2 amide bonds. The summed E-state index contributed by atoms with van der Waals surface area (Å²) < 4.78 is 0. The minimum atomic E-state index is 0.0871. The molecular formula is C23H25ClN4O. The number of carbonyl (C=O) groups is 1. The summed E-state index contributed by atoms with van der Waals surface area (Å²) >= 11 is 6.11. The van der Waals surface area contributed by atoms with Gasteiger partial charge in [0, 0.05) is 60.7 Å². The van der Waals surface area contributed by atoms with E-state index in [0.29, 0.717) is 18.1 Å². The number of halogens is 1. The van der Waals surface area contributed by atoms with Crippen LogP contribution in [0.3, 0.4) is 0 Å². The molecule has 6 heteroatoms. The van der Waals surface area contributed by atoms with Gasteiger partial charge in [-0.2, -0.15) is 0 Å². The first-order valence-corrected chi connectivity index (χ1v) is 10.5. The normalized spacial score (nSPS) is 14.3. The SMILES string of the molecule is CCCN(C(=O)N1CCN(c2ccnc3cc(Cl)ccc23)CC1)c1ccccc1. The summed E-state index contributed by atoms with van der Waals surface area (Å²) in [4.78, 5) is 23.8. The van der Waals surface area contributed by atoms with E-state index in [1.807, 2.05) is 70.6 Å². The van der Waals surface area contributed by atoms with Crippen LogP contribution in [0.25, 0.3) is 10.9 Å². The van der Waals surface area contributed by atoms with Gasteiger partial charge in [-0.05, 0) is 42.8 Å². The van der Waals surface area contributed by atoms with Gasteiger partial charge in [-0.25, -0.2) is 4.79 Å². The number of hydrogen-bond acceptors (Lipinski definition) is 3. The lowest BCUT2D eigenvalue weighted by Crippen LogP contribution is -2.53. The molecule has 0 atom stereocenters. The second-order valence-electron chi connectivity index (χ2n) is 7.24. The molecule has 1 saturated heterocycles. The van der Waals surface area contributed by atoms with E-state index in [0.717, 1.165) is 48.3 Å². The molecule has 0 saturated carbocycles. The van der Waals surface area contributed by atoms with Gasteiger partial charge in [0.25, 0.3) is 0 Å². The Morgan fingerprint density at radius 3 is 2.55 bits per heavy atom.